The van der Waals surface area contributed by atoms with Crippen LogP contribution in [0.4, 0.5) is 11.4 Å². The lowest BCUT2D eigenvalue weighted by molar-refractivity contribution is -0.113. The minimum atomic E-state index is -0.470. The van der Waals surface area contributed by atoms with Gasteiger partial charge in [0.15, 0.2) is 0 Å². The van der Waals surface area contributed by atoms with Crippen molar-refractivity contribution in [1.29, 1.82) is 0 Å². The van der Waals surface area contributed by atoms with Crippen LogP contribution in [0.5, 0.6) is 23.0 Å². The molecule has 0 saturated carbocycles. The first kappa shape index (κ1) is 46.3. The summed E-state index contributed by atoms with van der Waals surface area (Å²) < 4.78 is 12.3. The SMILES string of the molecule is CC(C)(c1ccc(Oc2ccc(NC(=O)C(=Cc3ccccc3)NC(=O)c3ccccc3)cc2)cc1)c1ccc(Oc2ccc(NC(=O)C(=Cc3ccccc3)NC(=O)c3ccccc3)cc2)cc1. The second kappa shape index (κ2) is 21.8. The summed E-state index contributed by atoms with van der Waals surface area (Å²) in [7, 11) is 0. The van der Waals surface area contributed by atoms with Crippen molar-refractivity contribution in [3.05, 3.63) is 263 Å². The molecule has 69 heavy (non-hydrogen) atoms. The van der Waals surface area contributed by atoms with E-state index in [4.69, 9.17) is 9.47 Å². The van der Waals surface area contributed by atoms with Gasteiger partial charge in [-0.2, -0.15) is 0 Å². The highest BCUT2D eigenvalue weighted by Crippen LogP contribution is 2.35. The van der Waals surface area contributed by atoms with Crippen LogP contribution in [0.2, 0.25) is 0 Å². The van der Waals surface area contributed by atoms with Crippen molar-refractivity contribution in [2.75, 3.05) is 10.6 Å². The zero-order valence-corrected chi connectivity index (χ0v) is 37.9. The number of ether oxygens (including phenoxy) is 2. The number of carbonyl (C=O) groups excluding carboxylic acids is 4. The van der Waals surface area contributed by atoms with Crippen molar-refractivity contribution in [3.8, 4) is 23.0 Å². The Morgan fingerprint density at radius 2 is 0.667 bits per heavy atom. The predicted octanol–water partition coefficient (Wildman–Crippen LogP) is 12.4. The largest absolute Gasteiger partial charge is 0.457 e. The van der Waals surface area contributed by atoms with Gasteiger partial charge in [-0.25, -0.2) is 0 Å². The monoisotopic (exact) mass is 908 g/mol. The molecule has 10 heteroatoms. The van der Waals surface area contributed by atoms with Crippen LogP contribution >= 0.6 is 0 Å². The average Bonchev–Trinajstić information content (AvgIpc) is 3.38. The van der Waals surface area contributed by atoms with E-state index in [-0.39, 0.29) is 16.8 Å². The van der Waals surface area contributed by atoms with Gasteiger partial charge >= 0.3 is 0 Å². The summed E-state index contributed by atoms with van der Waals surface area (Å²) in [6.07, 6.45) is 3.27. The Labute approximate surface area is 401 Å². The fourth-order valence-electron chi connectivity index (χ4n) is 7.24. The number of amides is 4. The van der Waals surface area contributed by atoms with Gasteiger partial charge in [-0.15, -0.1) is 0 Å². The van der Waals surface area contributed by atoms with Crippen molar-refractivity contribution >= 4 is 47.2 Å². The highest BCUT2D eigenvalue weighted by atomic mass is 16.5. The minimum Gasteiger partial charge on any atom is -0.457 e. The van der Waals surface area contributed by atoms with Crippen molar-refractivity contribution in [1.82, 2.24) is 10.6 Å². The molecule has 0 fully saturated rings. The smallest absolute Gasteiger partial charge is 0.272 e. The maximum Gasteiger partial charge on any atom is 0.272 e. The van der Waals surface area contributed by atoms with Crippen LogP contribution in [0.25, 0.3) is 12.2 Å². The van der Waals surface area contributed by atoms with Gasteiger partial charge in [0.05, 0.1) is 0 Å². The quantitative estimate of drug-likeness (QED) is 0.0713. The maximum atomic E-state index is 13.5. The van der Waals surface area contributed by atoms with Gasteiger partial charge in [0, 0.05) is 27.9 Å². The predicted molar refractivity (Wildman–Crippen MR) is 272 cm³/mol. The number of hydrogen-bond acceptors (Lipinski definition) is 6. The molecule has 4 N–H and O–H groups in total. The van der Waals surface area contributed by atoms with Gasteiger partial charge in [0.1, 0.15) is 34.4 Å². The van der Waals surface area contributed by atoms with Crippen LogP contribution in [0.15, 0.2) is 230 Å². The number of hydrogen-bond donors (Lipinski definition) is 4. The van der Waals surface area contributed by atoms with E-state index in [2.05, 4.69) is 35.1 Å². The van der Waals surface area contributed by atoms with Gasteiger partial charge in [-0.05, 0) is 131 Å². The molecule has 0 aliphatic rings. The second-order valence-electron chi connectivity index (χ2n) is 16.4. The minimum absolute atomic E-state index is 0.103. The molecule has 0 atom stereocenters. The lowest BCUT2D eigenvalue weighted by Crippen LogP contribution is -2.30. The first-order chi connectivity index (χ1) is 33.6. The molecule has 0 bridgehead atoms. The van der Waals surface area contributed by atoms with Crippen molar-refractivity contribution < 1.29 is 28.7 Å². The van der Waals surface area contributed by atoms with Gasteiger partial charge < -0.3 is 30.7 Å². The Balaban J connectivity index is 0.851. The van der Waals surface area contributed by atoms with Crippen LogP contribution in [-0.2, 0) is 15.0 Å². The zero-order valence-electron chi connectivity index (χ0n) is 37.9. The molecule has 10 nitrogen and oxygen atoms in total. The lowest BCUT2D eigenvalue weighted by atomic mass is 9.78. The standard InChI is InChI=1S/C59H48N4O6/c1-59(2,45-23-31-49(32-24-45)68-51-35-27-47(28-36-51)60-57(66)53(39-41-15-7-3-8-16-41)62-55(64)43-19-11-5-12-20-43)46-25-33-50(34-26-46)69-52-37-29-48(30-38-52)61-58(67)54(40-42-17-9-4-10-18-42)63-56(65)44-21-13-6-14-22-44/h3-40H,1-2H3,(H,60,66)(H,61,67)(H,62,64)(H,63,65). The highest BCUT2D eigenvalue weighted by Gasteiger charge is 2.24. The maximum absolute atomic E-state index is 13.5. The van der Waals surface area contributed by atoms with E-state index in [1.165, 1.54) is 0 Å². The van der Waals surface area contributed by atoms with E-state index in [1.54, 1.807) is 109 Å². The number of nitrogens with one attached hydrogen (secondary N) is 4. The summed E-state index contributed by atoms with van der Waals surface area (Å²) in [5.74, 6) is 0.747. The third-order valence-electron chi connectivity index (χ3n) is 11.1. The summed E-state index contributed by atoms with van der Waals surface area (Å²) in [6, 6.07) is 66.0. The number of benzene rings is 8. The average molecular weight is 909 g/mol. The Hall–Kier alpha value is -9.28. The summed E-state index contributed by atoms with van der Waals surface area (Å²) in [5, 5.41) is 11.3. The fourth-order valence-corrected chi connectivity index (χ4v) is 7.24. The van der Waals surface area contributed by atoms with Gasteiger partial charge in [-0.3, -0.25) is 19.2 Å². The van der Waals surface area contributed by atoms with Crippen LogP contribution in [0.1, 0.15) is 56.8 Å². The molecule has 0 unspecified atom stereocenters. The molecule has 4 amide bonds. The first-order valence-electron chi connectivity index (χ1n) is 22.2. The van der Waals surface area contributed by atoms with E-state index >= 15 is 0 Å². The first-order valence-corrected chi connectivity index (χ1v) is 22.2. The molecule has 8 rings (SSSR count). The molecule has 0 aromatic heterocycles. The van der Waals surface area contributed by atoms with Crippen LogP contribution < -0.4 is 30.7 Å². The molecule has 340 valence electrons. The number of carbonyl (C=O) groups is 4. The molecular weight excluding hydrogens is 861 g/mol. The second-order valence-corrected chi connectivity index (χ2v) is 16.4. The molecule has 0 spiro atoms. The Bertz CT molecular complexity index is 2870. The summed E-state index contributed by atoms with van der Waals surface area (Å²) in [5.41, 5.74) is 5.49. The van der Waals surface area contributed by atoms with Crippen molar-refractivity contribution in [2.45, 2.75) is 19.3 Å². The molecule has 8 aromatic carbocycles. The molecule has 8 aromatic rings. The van der Waals surface area contributed by atoms with Crippen molar-refractivity contribution in [3.63, 3.8) is 0 Å². The van der Waals surface area contributed by atoms with Gasteiger partial charge in [0.2, 0.25) is 0 Å². The fraction of sp³-hybridized carbons (Fsp3) is 0.0508. The highest BCUT2D eigenvalue weighted by molar-refractivity contribution is 6.11. The summed E-state index contributed by atoms with van der Waals surface area (Å²) >= 11 is 0. The third-order valence-corrected chi connectivity index (χ3v) is 11.1. The molecule has 0 saturated heterocycles. The van der Waals surface area contributed by atoms with E-state index < -0.39 is 23.6 Å². The van der Waals surface area contributed by atoms with E-state index in [9.17, 15) is 19.2 Å². The number of anilines is 2. The van der Waals surface area contributed by atoms with Gasteiger partial charge in [-0.1, -0.05) is 135 Å². The molecule has 0 heterocycles. The van der Waals surface area contributed by atoms with E-state index in [1.807, 2.05) is 121 Å². The van der Waals surface area contributed by atoms with E-state index in [0.717, 1.165) is 22.3 Å². The topological polar surface area (TPSA) is 135 Å². The lowest BCUT2D eigenvalue weighted by Gasteiger charge is -2.26. The van der Waals surface area contributed by atoms with E-state index in [0.29, 0.717) is 45.5 Å². The Kier molecular flexibility index (Phi) is 14.6. The van der Waals surface area contributed by atoms with Crippen LogP contribution in [0, 0.1) is 0 Å². The summed E-state index contributed by atoms with van der Waals surface area (Å²) in [4.78, 5) is 52.9. The molecule has 0 aliphatic carbocycles. The molecule has 0 aliphatic heterocycles. The zero-order chi connectivity index (χ0) is 48.0. The van der Waals surface area contributed by atoms with Crippen LogP contribution in [-0.4, -0.2) is 23.6 Å². The van der Waals surface area contributed by atoms with Gasteiger partial charge in [0.25, 0.3) is 23.6 Å². The molecular formula is C59H48N4O6. The number of rotatable bonds is 16. The Morgan fingerprint density at radius 1 is 0.377 bits per heavy atom. The Morgan fingerprint density at radius 3 is 0.986 bits per heavy atom. The van der Waals surface area contributed by atoms with Crippen molar-refractivity contribution in [2.24, 2.45) is 0 Å². The van der Waals surface area contributed by atoms with Crippen LogP contribution in [0.3, 0.4) is 0 Å². The summed E-state index contributed by atoms with van der Waals surface area (Å²) in [6.45, 7) is 4.31. The molecule has 0 radical (unpaired) electrons. The normalized spacial score (nSPS) is 11.4. The third kappa shape index (κ3) is 12.5.